The summed E-state index contributed by atoms with van der Waals surface area (Å²) in [7, 11) is -3.70. The van der Waals surface area contributed by atoms with Crippen LogP contribution in [0.25, 0.3) is 0 Å². The molecular formula is C19H26FN3O4S. The summed E-state index contributed by atoms with van der Waals surface area (Å²) in [6.45, 7) is 5.73. The van der Waals surface area contributed by atoms with Crippen molar-refractivity contribution in [1.29, 1.82) is 0 Å². The summed E-state index contributed by atoms with van der Waals surface area (Å²) in [5.41, 5.74) is 0. The van der Waals surface area contributed by atoms with Gasteiger partial charge in [0, 0.05) is 32.7 Å². The number of imide groups is 1. The van der Waals surface area contributed by atoms with E-state index in [-0.39, 0.29) is 36.2 Å². The molecule has 28 heavy (non-hydrogen) atoms. The second kappa shape index (κ2) is 8.26. The third-order valence-electron chi connectivity index (χ3n) is 5.32. The van der Waals surface area contributed by atoms with Gasteiger partial charge in [0.2, 0.25) is 21.8 Å². The molecule has 1 atom stereocenters. The van der Waals surface area contributed by atoms with Crippen LogP contribution < -0.4 is 0 Å². The van der Waals surface area contributed by atoms with Crippen LogP contribution in [0.2, 0.25) is 0 Å². The van der Waals surface area contributed by atoms with Gasteiger partial charge in [-0.1, -0.05) is 13.8 Å². The molecule has 154 valence electrons. The van der Waals surface area contributed by atoms with E-state index in [1.807, 2.05) is 18.7 Å². The highest BCUT2D eigenvalue weighted by Gasteiger charge is 2.43. The number of benzene rings is 1. The Labute approximate surface area is 165 Å². The number of piperazine rings is 1. The molecule has 2 aliphatic heterocycles. The number of carbonyl (C=O) groups excluding carboxylic acids is 2. The number of hydrogen-bond donors (Lipinski definition) is 0. The van der Waals surface area contributed by atoms with Gasteiger partial charge in [-0.3, -0.25) is 19.4 Å². The molecule has 0 unspecified atom stereocenters. The monoisotopic (exact) mass is 411 g/mol. The first-order valence-corrected chi connectivity index (χ1v) is 11.0. The minimum atomic E-state index is -3.70. The van der Waals surface area contributed by atoms with E-state index >= 15 is 0 Å². The first kappa shape index (κ1) is 20.9. The largest absolute Gasteiger partial charge is 0.289 e. The van der Waals surface area contributed by atoms with Crippen LogP contribution in [0.1, 0.15) is 26.7 Å². The van der Waals surface area contributed by atoms with Gasteiger partial charge in [-0.15, -0.1) is 0 Å². The quantitative estimate of drug-likeness (QED) is 0.660. The van der Waals surface area contributed by atoms with E-state index in [0.717, 1.165) is 18.6 Å². The molecule has 0 bridgehead atoms. The molecule has 2 saturated heterocycles. The number of halogens is 1. The van der Waals surface area contributed by atoms with Crippen molar-refractivity contribution < 1.29 is 22.4 Å². The van der Waals surface area contributed by atoms with Gasteiger partial charge in [0.25, 0.3) is 0 Å². The lowest BCUT2D eigenvalue weighted by Gasteiger charge is -2.36. The van der Waals surface area contributed by atoms with E-state index in [9.17, 15) is 22.4 Å². The maximum atomic E-state index is 13.1. The highest BCUT2D eigenvalue weighted by atomic mass is 32.2. The zero-order valence-corrected chi connectivity index (χ0v) is 17.0. The van der Waals surface area contributed by atoms with Gasteiger partial charge in [0.15, 0.2) is 0 Å². The topological polar surface area (TPSA) is 78.0 Å². The summed E-state index contributed by atoms with van der Waals surface area (Å²) >= 11 is 0. The van der Waals surface area contributed by atoms with Gasteiger partial charge in [-0.05, 0) is 36.6 Å². The van der Waals surface area contributed by atoms with E-state index in [0.29, 0.717) is 25.6 Å². The van der Waals surface area contributed by atoms with E-state index in [2.05, 4.69) is 0 Å². The van der Waals surface area contributed by atoms with Crippen LogP contribution in [0, 0.1) is 11.7 Å². The van der Waals surface area contributed by atoms with Gasteiger partial charge in [0.1, 0.15) is 5.82 Å². The van der Waals surface area contributed by atoms with Crippen molar-refractivity contribution >= 4 is 21.8 Å². The number of amides is 2. The van der Waals surface area contributed by atoms with Crippen LogP contribution in [-0.4, -0.2) is 73.1 Å². The molecule has 2 aliphatic rings. The predicted octanol–water partition coefficient (Wildman–Crippen LogP) is 1.31. The Bertz CT molecular complexity index is 833. The molecular weight excluding hydrogens is 385 g/mol. The second-order valence-corrected chi connectivity index (χ2v) is 9.62. The SMILES string of the molecule is CC(C)CCN1C(=O)C[C@H](N2CCN(S(=O)(=O)c3ccc(F)cc3)CC2)C1=O. The predicted molar refractivity (Wildman–Crippen MR) is 101 cm³/mol. The van der Waals surface area contributed by atoms with Crippen molar-refractivity contribution in [2.75, 3.05) is 32.7 Å². The Morgan fingerprint density at radius 2 is 1.68 bits per heavy atom. The fraction of sp³-hybridized carbons (Fsp3) is 0.579. The lowest BCUT2D eigenvalue weighted by molar-refractivity contribution is -0.140. The van der Waals surface area contributed by atoms with Crippen molar-refractivity contribution in [2.24, 2.45) is 5.92 Å². The summed E-state index contributed by atoms with van der Waals surface area (Å²) in [4.78, 5) is 28.2. The molecule has 1 aromatic rings. The average Bonchev–Trinajstić information content (AvgIpc) is 2.94. The van der Waals surface area contributed by atoms with Gasteiger partial charge >= 0.3 is 0 Å². The van der Waals surface area contributed by atoms with Crippen LogP contribution in [0.3, 0.4) is 0 Å². The van der Waals surface area contributed by atoms with Crippen molar-refractivity contribution in [1.82, 2.24) is 14.1 Å². The molecule has 2 heterocycles. The normalized spacial score (nSPS) is 22.4. The van der Waals surface area contributed by atoms with Crippen LogP contribution >= 0.6 is 0 Å². The fourth-order valence-corrected chi connectivity index (χ4v) is 5.01. The Kier molecular flexibility index (Phi) is 6.16. The number of likely N-dealkylation sites (tertiary alicyclic amines) is 1. The summed E-state index contributed by atoms with van der Waals surface area (Å²) in [5, 5.41) is 0. The highest BCUT2D eigenvalue weighted by Crippen LogP contribution is 2.23. The number of hydrogen-bond acceptors (Lipinski definition) is 5. The van der Waals surface area contributed by atoms with Crippen LogP contribution in [0.15, 0.2) is 29.2 Å². The Hall–Kier alpha value is -1.84. The zero-order valence-electron chi connectivity index (χ0n) is 16.2. The number of carbonyl (C=O) groups is 2. The maximum absolute atomic E-state index is 13.1. The van der Waals surface area contributed by atoms with Crippen LogP contribution in [-0.2, 0) is 19.6 Å². The minimum Gasteiger partial charge on any atom is -0.289 e. The number of rotatable bonds is 6. The molecule has 0 aromatic heterocycles. The summed E-state index contributed by atoms with van der Waals surface area (Å²) in [6, 6.07) is 4.25. The molecule has 0 radical (unpaired) electrons. The summed E-state index contributed by atoms with van der Waals surface area (Å²) in [6.07, 6.45) is 0.926. The zero-order chi connectivity index (χ0) is 20.5. The smallest absolute Gasteiger partial charge is 0.247 e. The van der Waals surface area contributed by atoms with Gasteiger partial charge in [0.05, 0.1) is 17.4 Å². The first-order valence-electron chi connectivity index (χ1n) is 9.54. The van der Waals surface area contributed by atoms with Crippen molar-refractivity contribution in [3.05, 3.63) is 30.1 Å². The van der Waals surface area contributed by atoms with E-state index in [1.54, 1.807) is 0 Å². The standard InChI is InChI=1S/C19H26FN3O4S/c1-14(2)7-8-23-18(24)13-17(19(23)25)21-9-11-22(12-10-21)28(26,27)16-5-3-15(20)4-6-16/h3-6,14,17H,7-13H2,1-2H3/t17-/m0/s1. The van der Waals surface area contributed by atoms with Gasteiger partial charge in [-0.25, -0.2) is 12.8 Å². The minimum absolute atomic E-state index is 0.0503. The molecule has 0 saturated carbocycles. The lowest BCUT2D eigenvalue weighted by atomic mass is 10.1. The molecule has 0 N–H and O–H groups in total. The molecule has 0 spiro atoms. The van der Waals surface area contributed by atoms with Crippen LogP contribution in [0.5, 0.6) is 0 Å². The average molecular weight is 411 g/mol. The fourth-order valence-electron chi connectivity index (χ4n) is 3.58. The molecule has 2 amide bonds. The molecule has 7 nitrogen and oxygen atoms in total. The molecule has 2 fully saturated rings. The summed E-state index contributed by atoms with van der Waals surface area (Å²) in [5.74, 6) is -0.424. The van der Waals surface area contributed by atoms with E-state index < -0.39 is 21.9 Å². The Morgan fingerprint density at radius 3 is 2.25 bits per heavy atom. The summed E-state index contributed by atoms with van der Waals surface area (Å²) < 4.78 is 39.8. The Balaban J connectivity index is 1.61. The lowest BCUT2D eigenvalue weighted by Crippen LogP contribution is -2.53. The van der Waals surface area contributed by atoms with Gasteiger partial charge in [-0.2, -0.15) is 4.31 Å². The molecule has 3 rings (SSSR count). The molecule has 1 aromatic carbocycles. The Morgan fingerprint density at radius 1 is 1.07 bits per heavy atom. The van der Waals surface area contributed by atoms with Crippen molar-refractivity contribution in [3.63, 3.8) is 0 Å². The van der Waals surface area contributed by atoms with Crippen LogP contribution in [0.4, 0.5) is 4.39 Å². The van der Waals surface area contributed by atoms with E-state index in [1.165, 1.54) is 21.3 Å². The first-order chi connectivity index (χ1) is 13.2. The second-order valence-electron chi connectivity index (χ2n) is 7.68. The highest BCUT2D eigenvalue weighted by molar-refractivity contribution is 7.89. The number of sulfonamides is 1. The molecule has 9 heteroatoms. The van der Waals surface area contributed by atoms with Gasteiger partial charge < -0.3 is 0 Å². The molecule has 0 aliphatic carbocycles. The van der Waals surface area contributed by atoms with Crippen molar-refractivity contribution in [3.8, 4) is 0 Å². The maximum Gasteiger partial charge on any atom is 0.247 e. The number of nitrogens with zero attached hydrogens (tertiary/aromatic N) is 3. The van der Waals surface area contributed by atoms with E-state index in [4.69, 9.17) is 0 Å². The third-order valence-corrected chi connectivity index (χ3v) is 7.23. The van der Waals surface area contributed by atoms with Crippen molar-refractivity contribution in [2.45, 2.75) is 37.6 Å². The third kappa shape index (κ3) is 4.26.